The molecule has 4 rings (SSSR count). The fourth-order valence-corrected chi connectivity index (χ4v) is 4.97. The van der Waals surface area contributed by atoms with Gasteiger partial charge in [0.2, 0.25) is 0 Å². The number of aromatic nitrogens is 1. The lowest BCUT2D eigenvalue weighted by Gasteiger charge is -2.37. The third-order valence-electron chi connectivity index (χ3n) is 6.76. The van der Waals surface area contributed by atoms with Crippen molar-refractivity contribution in [1.82, 2.24) is 9.88 Å². The number of halogens is 1. The van der Waals surface area contributed by atoms with Crippen molar-refractivity contribution in [3.05, 3.63) is 70.9 Å². The minimum atomic E-state index is -0.587. The Kier molecular flexibility index (Phi) is 8.42. The summed E-state index contributed by atoms with van der Waals surface area (Å²) in [5.41, 5.74) is 2.56. The second kappa shape index (κ2) is 11.7. The maximum atomic E-state index is 11.0. The quantitative estimate of drug-likeness (QED) is 0.482. The van der Waals surface area contributed by atoms with Crippen LogP contribution < -0.4 is 4.74 Å². The molecule has 1 fully saturated rings. The van der Waals surface area contributed by atoms with Crippen molar-refractivity contribution < 1.29 is 14.9 Å². The molecule has 5 nitrogen and oxygen atoms in total. The third-order valence-corrected chi connectivity index (χ3v) is 7.09. The number of ether oxygens (including phenoxy) is 1. The molecule has 0 bridgehead atoms. The molecule has 0 unspecified atom stereocenters. The highest BCUT2D eigenvalue weighted by Gasteiger charge is 2.29. The summed E-state index contributed by atoms with van der Waals surface area (Å²) >= 11 is 6.18. The summed E-state index contributed by atoms with van der Waals surface area (Å²) in [5, 5.41) is 22.6. The van der Waals surface area contributed by atoms with Crippen LogP contribution in [0.2, 0.25) is 5.02 Å². The second-order valence-corrected chi connectivity index (χ2v) is 9.29. The lowest BCUT2D eigenvalue weighted by atomic mass is 9.81. The maximum Gasteiger partial charge on any atom is 0.119 e. The Morgan fingerprint density at radius 3 is 2.85 bits per heavy atom. The fourth-order valence-electron chi connectivity index (χ4n) is 4.79. The molecule has 6 heteroatoms. The molecule has 1 saturated heterocycles. The van der Waals surface area contributed by atoms with Crippen molar-refractivity contribution in [3.63, 3.8) is 0 Å². The molecule has 3 aromatic rings. The normalized spacial score (nSPS) is 19.4. The molecule has 1 aliphatic heterocycles. The van der Waals surface area contributed by atoms with E-state index in [1.165, 1.54) is 0 Å². The molecule has 34 heavy (non-hydrogen) atoms. The fraction of sp³-hybridized carbons (Fsp3) is 0.393. The summed E-state index contributed by atoms with van der Waals surface area (Å²) in [6.07, 6.45) is 3.64. The van der Waals surface area contributed by atoms with Gasteiger partial charge in [-0.15, -0.1) is 0 Å². The number of fused-ring (bicyclic) bond motifs is 1. The van der Waals surface area contributed by atoms with Crippen molar-refractivity contribution in [1.29, 1.82) is 0 Å². The number of aliphatic hydroxyl groups excluding tert-OH is 2. The molecule has 1 aromatic heterocycles. The van der Waals surface area contributed by atoms with Crippen molar-refractivity contribution in [2.45, 2.75) is 25.4 Å². The number of hydrogen-bond acceptors (Lipinski definition) is 5. The summed E-state index contributed by atoms with van der Waals surface area (Å²) in [6, 6.07) is 15.2. The van der Waals surface area contributed by atoms with Crippen LogP contribution in [0.5, 0.6) is 5.75 Å². The first-order chi connectivity index (χ1) is 16.6. The molecule has 0 aliphatic carbocycles. The molecule has 2 aromatic carbocycles. The van der Waals surface area contributed by atoms with Gasteiger partial charge in [0.05, 0.1) is 30.3 Å². The van der Waals surface area contributed by atoms with Gasteiger partial charge in [0, 0.05) is 30.3 Å². The van der Waals surface area contributed by atoms with Crippen LogP contribution in [0.25, 0.3) is 10.9 Å². The van der Waals surface area contributed by atoms with Crippen LogP contribution in [-0.2, 0) is 0 Å². The molecule has 2 heterocycles. The lowest BCUT2D eigenvalue weighted by Crippen LogP contribution is -2.42. The number of likely N-dealkylation sites (tertiary alicyclic amines) is 1. The molecule has 1 aliphatic rings. The van der Waals surface area contributed by atoms with E-state index in [0.717, 1.165) is 53.7 Å². The number of methoxy groups -OCH3 is 1. The van der Waals surface area contributed by atoms with E-state index in [4.69, 9.17) is 16.3 Å². The van der Waals surface area contributed by atoms with Gasteiger partial charge in [-0.05, 0) is 79.6 Å². The number of rotatable bonds is 7. The summed E-state index contributed by atoms with van der Waals surface area (Å²) < 4.78 is 5.35. The van der Waals surface area contributed by atoms with E-state index in [0.29, 0.717) is 23.9 Å². The van der Waals surface area contributed by atoms with Gasteiger partial charge in [-0.2, -0.15) is 0 Å². The lowest BCUT2D eigenvalue weighted by molar-refractivity contribution is 0.0640. The van der Waals surface area contributed by atoms with Crippen LogP contribution >= 0.6 is 11.6 Å². The predicted molar refractivity (Wildman–Crippen MR) is 136 cm³/mol. The monoisotopic (exact) mass is 478 g/mol. The Morgan fingerprint density at radius 2 is 2.06 bits per heavy atom. The highest BCUT2D eigenvalue weighted by Crippen LogP contribution is 2.33. The Hall–Kier alpha value is -2.62. The molecular formula is C28H31ClN2O3. The van der Waals surface area contributed by atoms with Gasteiger partial charge in [-0.3, -0.25) is 9.88 Å². The number of piperidine rings is 1. The minimum Gasteiger partial charge on any atom is -0.497 e. The summed E-state index contributed by atoms with van der Waals surface area (Å²) in [5.74, 6) is 7.67. The van der Waals surface area contributed by atoms with Gasteiger partial charge in [-0.1, -0.05) is 35.6 Å². The number of pyridine rings is 1. The maximum absolute atomic E-state index is 11.0. The Morgan fingerprint density at radius 1 is 1.21 bits per heavy atom. The SMILES string of the molecule is COc1ccc2nccc([C@H](O)CC[C@@H]3CCN(CC#Cc4ccccc4Cl)C[C@@H]3CO)c2c1. The summed E-state index contributed by atoms with van der Waals surface area (Å²) in [6.45, 7) is 2.54. The van der Waals surface area contributed by atoms with Crippen molar-refractivity contribution in [2.75, 3.05) is 33.4 Å². The smallest absolute Gasteiger partial charge is 0.119 e. The average Bonchev–Trinajstić information content (AvgIpc) is 2.88. The highest BCUT2D eigenvalue weighted by atomic mass is 35.5. The number of nitrogens with zero attached hydrogens (tertiary/aromatic N) is 2. The Bertz CT molecular complexity index is 1170. The van der Waals surface area contributed by atoms with Gasteiger partial charge >= 0.3 is 0 Å². The van der Waals surface area contributed by atoms with Gasteiger partial charge in [0.15, 0.2) is 0 Å². The Balaban J connectivity index is 1.34. The van der Waals surface area contributed by atoms with E-state index in [2.05, 4.69) is 21.7 Å². The van der Waals surface area contributed by atoms with Crippen LogP contribution in [0.3, 0.4) is 0 Å². The third kappa shape index (κ3) is 5.89. The van der Waals surface area contributed by atoms with Crippen molar-refractivity contribution in [2.24, 2.45) is 11.8 Å². The number of benzene rings is 2. The van der Waals surface area contributed by atoms with Crippen LogP contribution in [0, 0.1) is 23.7 Å². The van der Waals surface area contributed by atoms with E-state index in [1.807, 2.05) is 48.5 Å². The van der Waals surface area contributed by atoms with E-state index in [9.17, 15) is 10.2 Å². The van der Waals surface area contributed by atoms with E-state index in [-0.39, 0.29) is 12.5 Å². The molecule has 2 N–H and O–H groups in total. The first-order valence-electron chi connectivity index (χ1n) is 11.8. The van der Waals surface area contributed by atoms with Gasteiger partial charge < -0.3 is 14.9 Å². The summed E-state index contributed by atoms with van der Waals surface area (Å²) in [4.78, 5) is 6.70. The van der Waals surface area contributed by atoms with E-state index in [1.54, 1.807) is 13.3 Å². The molecule has 178 valence electrons. The minimum absolute atomic E-state index is 0.143. The van der Waals surface area contributed by atoms with E-state index < -0.39 is 6.10 Å². The first kappa shape index (κ1) is 24.5. The average molecular weight is 479 g/mol. The molecule has 0 radical (unpaired) electrons. The highest BCUT2D eigenvalue weighted by molar-refractivity contribution is 6.31. The number of aliphatic hydroxyl groups is 2. The van der Waals surface area contributed by atoms with Gasteiger partial charge in [0.25, 0.3) is 0 Å². The summed E-state index contributed by atoms with van der Waals surface area (Å²) in [7, 11) is 1.64. The second-order valence-electron chi connectivity index (χ2n) is 8.88. The standard InChI is InChI=1S/C28H31ClN2O3/c1-34-23-9-10-27-25(17-23)24(12-14-30-27)28(33)11-8-20-13-16-31(18-22(20)19-32)15-4-6-21-5-2-3-7-26(21)29/h2-3,5,7,9-10,12,14,17,20,22,28,32-33H,8,11,13,15-16,18-19H2,1H3/t20-,22-,28-/m1/s1. The predicted octanol–water partition coefficient (Wildman–Crippen LogP) is 4.69. The molecule has 3 atom stereocenters. The van der Waals surface area contributed by atoms with Crippen molar-refractivity contribution in [3.8, 4) is 17.6 Å². The van der Waals surface area contributed by atoms with Crippen LogP contribution in [0.15, 0.2) is 54.7 Å². The van der Waals surface area contributed by atoms with Crippen LogP contribution in [0.1, 0.15) is 36.5 Å². The zero-order valence-corrected chi connectivity index (χ0v) is 20.2. The molecule has 0 spiro atoms. The Labute approximate surface area is 206 Å². The molecular weight excluding hydrogens is 448 g/mol. The van der Waals surface area contributed by atoms with Gasteiger partial charge in [-0.25, -0.2) is 0 Å². The van der Waals surface area contributed by atoms with Crippen LogP contribution in [0.4, 0.5) is 0 Å². The molecule has 0 saturated carbocycles. The topological polar surface area (TPSA) is 65.8 Å². The zero-order chi connectivity index (χ0) is 23.9. The first-order valence-corrected chi connectivity index (χ1v) is 12.1. The number of hydrogen-bond donors (Lipinski definition) is 2. The van der Waals surface area contributed by atoms with Crippen LogP contribution in [-0.4, -0.2) is 53.4 Å². The molecule has 0 amide bonds. The zero-order valence-electron chi connectivity index (χ0n) is 19.5. The largest absolute Gasteiger partial charge is 0.497 e. The van der Waals surface area contributed by atoms with Gasteiger partial charge in [0.1, 0.15) is 5.75 Å². The van der Waals surface area contributed by atoms with Crippen molar-refractivity contribution >= 4 is 22.5 Å². The van der Waals surface area contributed by atoms with E-state index >= 15 is 0 Å².